The van der Waals surface area contributed by atoms with Gasteiger partial charge in [0.1, 0.15) is 0 Å². The lowest BCUT2D eigenvalue weighted by Gasteiger charge is -2.26. The highest BCUT2D eigenvalue weighted by atomic mass is 32.2. The second kappa shape index (κ2) is 8.29. The second-order valence-electron chi connectivity index (χ2n) is 7.67. The van der Waals surface area contributed by atoms with Gasteiger partial charge in [0.15, 0.2) is 15.0 Å². The van der Waals surface area contributed by atoms with E-state index in [0.29, 0.717) is 0 Å². The van der Waals surface area contributed by atoms with Crippen LogP contribution in [0.4, 0.5) is 0 Å². The monoisotopic (exact) mass is 414 g/mol. The Morgan fingerprint density at radius 2 is 1.79 bits per heavy atom. The normalized spacial score (nSPS) is 22.9. The SMILES string of the molecule is Cc1ccc(CN2C(SCCCc3ccccc3)=N[C@H]3CS(=O)(=O)C[C@@H]32)cc1. The van der Waals surface area contributed by atoms with Gasteiger partial charge in [0.2, 0.25) is 0 Å². The van der Waals surface area contributed by atoms with Gasteiger partial charge in [-0.1, -0.05) is 71.9 Å². The molecule has 0 amide bonds. The van der Waals surface area contributed by atoms with Crippen LogP contribution in [0, 0.1) is 6.92 Å². The van der Waals surface area contributed by atoms with Crippen LogP contribution < -0.4 is 0 Å². The first kappa shape index (κ1) is 19.5. The number of sulfone groups is 1. The van der Waals surface area contributed by atoms with Gasteiger partial charge < -0.3 is 4.90 Å². The smallest absolute Gasteiger partial charge is 0.160 e. The molecule has 28 heavy (non-hydrogen) atoms. The van der Waals surface area contributed by atoms with E-state index in [9.17, 15) is 8.42 Å². The highest BCUT2D eigenvalue weighted by Crippen LogP contribution is 2.32. The van der Waals surface area contributed by atoms with Crippen LogP contribution in [0.5, 0.6) is 0 Å². The fourth-order valence-electron chi connectivity index (χ4n) is 3.87. The van der Waals surface area contributed by atoms with Gasteiger partial charge in [0, 0.05) is 12.3 Å². The van der Waals surface area contributed by atoms with Crippen molar-refractivity contribution in [2.24, 2.45) is 4.99 Å². The number of rotatable bonds is 6. The fourth-order valence-corrected chi connectivity index (χ4v) is 6.79. The standard InChI is InChI=1S/C22H26N2O2S2/c1-17-9-11-19(12-10-17)14-24-21-16-28(25,26)15-20(21)23-22(24)27-13-5-8-18-6-3-2-4-7-18/h2-4,6-7,9-12,20-21H,5,8,13-16H2,1H3/t20-,21-/m0/s1. The molecule has 2 atom stereocenters. The Hall–Kier alpha value is -1.79. The number of amidine groups is 1. The van der Waals surface area contributed by atoms with E-state index >= 15 is 0 Å². The minimum atomic E-state index is -2.98. The summed E-state index contributed by atoms with van der Waals surface area (Å²) in [5, 5.41) is 1.01. The number of thioether (sulfide) groups is 1. The Morgan fingerprint density at radius 1 is 1.04 bits per heavy atom. The van der Waals surface area contributed by atoms with Crippen molar-refractivity contribution in [3.63, 3.8) is 0 Å². The molecule has 0 radical (unpaired) electrons. The minimum Gasteiger partial charge on any atom is -0.341 e. The van der Waals surface area contributed by atoms with Gasteiger partial charge in [0.05, 0.1) is 23.6 Å². The van der Waals surface area contributed by atoms with Crippen LogP contribution in [0.1, 0.15) is 23.1 Å². The van der Waals surface area contributed by atoms with Crippen molar-refractivity contribution in [2.45, 2.75) is 38.4 Å². The van der Waals surface area contributed by atoms with Crippen LogP contribution in [0.25, 0.3) is 0 Å². The van der Waals surface area contributed by atoms with E-state index in [1.807, 2.05) is 6.07 Å². The summed E-state index contributed by atoms with van der Waals surface area (Å²) in [5.74, 6) is 1.40. The quantitative estimate of drug-likeness (QED) is 0.677. The maximum Gasteiger partial charge on any atom is 0.160 e. The van der Waals surface area contributed by atoms with E-state index in [4.69, 9.17) is 4.99 Å². The number of aryl methyl sites for hydroxylation is 2. The lowest BCUT2D eigenvalue weighted by atomic mass is 10.1. The maximum atomic E-state index is 12.1. The average molecular weight is 415 g/mol. The van der Waals surface area contributed by atoms with Crippen LogP contribution in [0.3, 0.4) is 0 Å². The molecule has 2 aliphatic heterocycles. The van der Waals surface area contributed by atoms with Gasteiger partial charge in [-0.15, -0.1) is 0 Å². The molecular formula is C22H26N2O2S2. The molecule has 1 saturated heterocycles. The van der Waals surface area contributed by atoms with Crippen molar-refractivity contribution in [1.29, 1.82) is 0 Å². The molecule has 2 heterocycles. The molecule has 0 bridgehead atoms. The summed E-state index contributed by atoms with van der Waals surface area (Å²) in [6.45, 7) is 2.80. The summed E-state index contributed by atoms with van der Waals surface area (Å²) in [6.07, 6.45) is 2.14. The zero-order valence-corrected chi connectivity index (χ0v) is 17.8. The van der Waals surface area contributed by atoms with Crippen molar-refractivity contribution in [3.8, 4) is 0 Å². The predicted molar refractivity (Wildman–Crippen MR) is 118 cm³/mol. The topological polar surface area (TPSA) is 49.7 Å². The van der Waals surface area contributed by atoms with Crippen molar-refractivity contribution in [3.05, 3.63) is 71.3 Å². The summed E-state index contributed by atoms with van der Waals surface area (Å²) in [5.41, 5.74) is 3.79. The van der Waals surface area contributed by atoms with Crippen LogP contribution in [0.15, 0.2) is 59.6 Å². The lowest BCUT2D eigenvalue weighted by molar-refractivity contribution is 0.343. The minimum absolute atomic E-state index is 0.0112. The molecule has 1 fully saturated rings. The Kier molecular flexibility index (Phi) is 5.78. The van der Waals surface area contributed by atoms with Crippen molar-refractivity contribution < 1.29 is 8.42 Å². The Morgan fingerprint density at radius 3 is 2.54 bits per heavy atom. The van der Waals surface area contributed by atoms with E-state index < -0.39 is 9.84 Å². The van der Waals surface area contributed by atoms with Gasteiger partial charge >= 0.3 is 0 Å². The highest BCUT2D eigenvalue weighted by molar-refractivity contribution is 8.13. The molecule has 0 saturated carbocycles. The summed E-state index contributed by atoms with van der Waals surface area (Å²) >= 11 is 1.77. The third-order valence-corrected chi connectivity index (χ3v) is 8.16. The Labute approximate surface area is 172 Å². The van der Waals surface area contributed by atoms with Crippen LogP contribution in [-0.2, 0) is 22.8 Å². The molecular weight excluding hydrogens is 388 g/mol. The third-order valence-electron chi connectivity index (χ3n) is 5.37. The van der Waals surface area contributed by atoms with Gasteiger partial charge in [-0.2, -0.15) is 0 Å². The van der Waals surface area contributed by atoms with Gasteiger partial charge in [-0.05, 0) is 30.9 Å². The van der Waals surface area contributed by atoms with E-state index in [1.54, 1.807) is 11.8 Å². The van der Waals surface area contributed by atoms with Gasteiger partial charge in [-0.3, -0.25) is 4.99 Å². The molecule has 4 rings (SSSR count). The molecule has 0 unspecified atom stereocenters. The highest BCUT2D eigenvalue weighted by Gasteiger charge is 2.46. The molecule has 0 spiro atoms. The van der Waals surface area contributed by atoms with Crippen molar-refractivity contribution in [1.82, 2.24) is 4.90 Å². The molecule has 2 aromatic rings. The summed E-state index contributed by atoms with van der Waals surface area (Å²) < 4.78 is 24.2. The fraction of sp³-hybridized carbons (Fsp3) is 0.409. The number of hydrogen-bond acceptors (Lipinski definition) is 5. The maximum absolute atomic E-state index is 12.1. The average Bonchev–Trinajstić information content (AvgIpc) is 3.14. The third kappa shape index (κ3) is 4.61. The molecule has 2 aromatic carbocycles. The molecule has 2 aliphatic rings. The zero-order chi connectivity index (χ0) is 19.6. The lowest BCUT2D eigenvalue weighted by Crippen LogP contribution is -2.38. The molecule has 6 heteroatoms. The number of fused-ring (bicyclic) bond motifs is 1. The van der Waals surface area contributed by atoms with E-state index in [0.717, 1.165) is 30.3 Å². The van der Waals surface area contributed by atoms with E-state index in [-0.39, 0.29) is 23.6 Å². The molecule has 0 aliphatic carbocycles. The first-order chi connectivity index (χ1) is 13.5. The molecule has 0 N–H and O–H groups in total. The van der Waals surface area contributed by atoms with Crippen LogP contribution in [-0.4, -0.2) is 47.8 Å². The number of aliphatic imine (C=N–C) groups is 1. The second-order valence-corrected chi connectivity index (χ2v) is 10.9. The van der Waals surface area contributed by atoms with Crippen molar-refractivity contribution >= 4 is 26.8 Å². The Balaban J connectivity index is 1.42. The summed E-state index contributed by atoms with van der Waals surface area (Å²) in [7, 11) is -2.98. The van der Waals surface area contributed by atoms with E-state index in [1.165, 1.54) is 16.7 Å². The summed E-state index contributed by atoms with van der Waals surface area (Å²) in [6, 6.07) is 18.9. The summed E-state index contributed by atoms with van der Waals surface area (Å²) in [4.78, 5) is 7.04. The Bertz CT molecular complexity index is 940. The molecule has 148 valence electrons. The first-order valence-electron chi connectivity index (χ1n) is 9.77. The number of nitrogens with zero attached hydrogens (tertiary/aromatic N) is 2. The van der Waals surface area contributed by atoms with Crippen LogP contribution in [0.2, 0.25) is 0 Å². The molecule has 4 nitrogen and oxygen atoms in total. The van der Waals surface area contributed by atoms with Gasteiger partial charge in [-0.25, -0.2) is 8.42 Å². The van der Waals surface area contributed by atoms with Gasteiger partial charge in [0.25, 0.3) is 0 Å². The van der Waals surface area contributed by atoms with E-state index in [2.05, 4.69) is 60.4 Å². The number of benzene rings is 2. The van der Waals surface area contributed by atoms with Crippen LogP contribution >= 0.6 is 11.8 Å². The number of hydrogen-bond donors (Lipinski definition) is 0. The predicted octanol–water partition coefficient (Wildman–Crippen LogP) is 3.70. The molecule has 0 aromatic heterocycles. The van der Waals surface area contributed by atoms with Crippen molar-refractivity contribution in [2.75, 3.05) is 17.3 Å². The largest absolute Gasteiger partial charge is 0.341 e. The zero-order valence-electron chi connectivity index (χ0n) is 16.1. The first-order valence-corrected chi connectivity index (χ1v) is 12.6.